The van der Waals surface area contributed by atoms with Gasteiger partial charge in [-0.25, -0.2) is 8.42 Å². The molecule has 0 spiro atoms. The first-order valence-electron chi connectivity index (χ1n) is 7.31. The van der Waals surface area contributed by atoms with Gasteiger partial charge in [-0.1, -0.05) is 0 Å². The van der Waals surface area contributed by atoms with Crippen LogP contribution in [0.3, 0.4) is 0 Å². The van der Waals surface area contributed by atoms with Crippen LogP contribution in [0.5, 0.6) is 5.75 Å². The predicted octanol–water partition coefficient (Wildman–Crippen LogP) is 0.234. The van der Waals surface area contributed by atoms with Crippen molar-refractivity contribution in [2.24, 2.45) is 0 Å². The van der Waals surface area contributed by atoms with Gasteiger partial charge in [0.1, 0.15) is 11.8 Å². The summed E-state index contributed by atoms with van der Waals surface area (Å²) in [7, 11) is 1.44. The highest BCUT2D eigenvalue weighted by molar-refractivity contribution is 7.88. The van der Waals surface area contributed by atoms with Crippen molar-refractivity contribution in [1.82, 2.24) is 9.21 Å². The summed E-state index contributed by atoms with van der Waals surface area (Å²) in [4.78, 5) is 15.9. The van der Waals surface area contributed by atoms with E-state index in [0.717, 1.165) is 17.7 Å². The molecule has 0 aromatic heterocycles. The largest absolute Gasteiger partial charge is 0.497 e. The van der Waals surface area contributed by atoms with E-state index in [0.29, 0.717) is 13.1 Å². The Balaban J connectivity index is 2.25. The second-order valence-electron chi connectivity index (χ2n) is 5.77. The lowest BCUT2D eigenvalue weighted by Crippen LogP contribution is -2.60. The summed E-state index contributed by atoms with van der Waals surface area (Å²) in [5.74, 6) is 0.540. The molecule has 1 aromatic rings. The highest BCUT2D eigenvalue weighted by Gasteiger charge is 2.38. The number of anilines is 1. The van der Waals surface area contributed by atoms with Gasteiger partial charge in [0.2, 0.25) is 15.9 Å². The Kier molecular flexibility index (Phi) is 5.16. The maximum atomic E-state index is 12.4. The first-order valence-corrected chi connectivity index (χ1v) is 9.16. The number of methoxy groups -OCH3 is 1. The van der Waals surface area contributed by atoms with Gasteiger partial charge >= 0.3 is 0 Å². The molecule has 0 unspecified atom stereocenters. The van der Waals surface area contributed by atoms with Gasteiger partial charge in [0.15, 0.2) is 0 Å². The molecule has 0 aliphatic carbocycles. The van der Waals surface area contributed by atoms with Crippen molar-refractivity contribution in [2.75, 3.05) is 52.0 Å². The SMILES string of the molecule is COc1ccc(N2CCN(S(C)(=O)=O)[C@@H](C(=O)N(C)C)C2)cc1. The van der Waals surface area contributed by atoms with Crippen LogP contribution in [0.25, 0.3) is 0 Å². The molecule has 1 fully saturated rings. The van der Waals surface area contributed by atoms with Crippen LogP contribution in [0.4, 0.5) is 5.69 Å². The summed E-state index contributed by atoms with van der Waals surface area (Å²) in [6.07, 6.45) is 1.14. The molecule has 1 amide bonds. The van der Waals surface area contributed by atoms with E-state index in [4.69, 9.17) is 4.74 Å². The fourth-order valence-electron chi connectivity index (χ4n) is 2.69. The lowest BCUT2D eigenvalue weighted by Gasteiger charge is -2.41. The molecule has 1 atom stereocenters. The number of benzene rings is 1. The maximum Gasteiger partial charge on any atom is 0.242 e. The van der Waals surface area contributed by atoms with Crippen LogP contribution in [0.2, 0.25) is 0 Å². The average molecular weight is 341 g/mol. The number of sulfonamides is 1. The summed E-state index contributed by atoms with van der Waals surface area (Å²) in [6, 6.07) is 6.80. The molecule has 0 radical (unpaired) electrons. The van der Waals surface area contributed by atoms with Gasteiger partial charge in [0.25, 0.3) is 0 Å². The van der Waals surface area contributed by atoms with Gasteiger partial charge in [-0.3, -0.25) is 4.79 Å². The molecule has 1 aliphatic rings. The third-order valence-corrected chi connectivity index (χ3v) is 5.21. The van der Waals surface area contributed by atoms with E-state index in [-0.39, 0.29) is 12.5 Å². The van der Waals surface area contributed by atoms with E-state index >= 15 is 0 Å². The number of rotatable bonds is 4. The van der Waals surface area contributed by atoms with E-state index in [1.807, 2.05) is 29.2 Å². The first-order chi connectivity index (χ1) is 10.7. The van der Waals surface area contributed by atoms with Gasteiger partial charge in [-0.2, -0.15) is 4.31 Å². The number of carbonyl (C=O) groups excluding carboxylic acids is 1. The second-order valence-corrected chi connectivity index (χ2v) is 7.70. The minimum atomic E-state index is -3.43. The summed E-state index contributed by atoms with van der Waals surface area (Å²) in [6.45, 7) is 1.15. The number of likely N-dealkylation sites (N-methyl/N-ethyl adjacent to an activating group) is 1. The Morgan fingerprint density at radius 2 is 1.83 bits per heavy atom. The first kappa shape index (κ1) is 17.6. The van der Waals surface area contributed by atoms with Crippen molar-refractivity contribution in [3.63, 3.8) is 0 Å². The standard InChI is InChI=1S/C15H23N3O4S/c1-16(2)15(19)14-11-17(9-10-18(14)23(4,20)21)12-5-7-13(22-3)8-6-12/h5-8,14H,9-11H2,1-4H3/t14-/m1/s1. The van der Waals surface area contributed by atoms with Gasteiger partial charge in [0, 0.05) is 39.4 Å². The van der Waals surface area contributed by atoms with Crippen LogP contribution < -0.4 is 9.64 Å². The van der Waals surface area contributed by atoms with Crippen LogP contribution in [-0.2, 0) is 14.8 Å². The normalized spacial score (nSPS) is 19.5. The Bertz CT molecular complexity index is 658. The summed E-state index contributed by atoms with van der Waals surface area (Å²) < 4.78 is 30.4. The van der Waals surface area contributed by atoms with Crippen LogP contribution >= 0.6 is 0 Å². The average Bonchev–Trinajstić information content (AvgIpc) is 2.52. The quantitative estimate of drug-likeness (QED) is 0.784. The topological polar surface area (TPSA) is 70.2 Å². The van der Waals surface area contributed by atoms with Crippen molar-refractivity contribution in [2.45, 2.75) is 6.04 Å². The van der Waals surface area contributed by atoms with Crippen molar-refractivity contribution in [3.8, 4) is 5.75 Å². The van der Waals surface area contributed by atoms with E-state index in [2.05, 4.69) is 0 Å². The molecule has 2 rings (SSSR count). The molecule has 7 nitrogen and oxygen atoms in total. The van der Waals surface area contributed by atoms with E-state index in [1.54, 1.807) is 21.2 Å². The molecule has 0 bridgehead atoms. The molecule has 1 saturated heterocycles. The van der Waals surface area contributed by atoms with Crippen LogP contribution in [-0.4, -0.2) is 76.7 Å². The number of hydrogen-bond donors (Lipinski definition) is 0. The molecule has 8 heteroatoms. The maximum absolute atomic E-state index is 12.4. The number of amides is 1. The monoisotopic (exact) mass is 341 g/mol. The molecule has 128 valence electrons. The summed E-state index contributed by atoms with van der Waals surface area (Å²) >= 11 is 0. The molecule has 1 aromatic carbocycles. The smallest absolute Gasteiger partial charge is 0.242 e. The van der Waals surface area contributed by atoms with Gasteiger partial charge in [0.05, 0.1) is 13.4 Å². The molecule has 1 aliphatic heterocycles. The van der Waals surface area contributed by atoms with E-state index in [9.17, 15) is 13.2 Å². The zero-order chi connectivity index (χ0) is 17.2. The second kappa shape index (κ2) is 6.76. The molecule has 23 heavy (non-hydrogen) atoms. The third-order valence-electron chi connectivity index (χ3n) is 3.92. The lowest BCUT2D eigenvalue weighted by atomic mass is 10.1. The van der Waals surface area contributed by atoms with Crippen molar-refractivity contribution in [1.29, 1.82) is 0 Å². The van der Waals surface area contributed by atoms with Crippen LogP contribution in [0.15, 0.2) is 24.3 Å². The Labute approximate surface area is 137 Å². The molecule has 0 N–H and O–H groups in total. The Hall–Kier alpha value is -1.80. The van der Waals surface area contributed by atoms with Crippen LogP contribution in [0, 0.1) is 0 Å². The zero-order valence-electron chi connectivity index (χ0n) is 13.9. The fraction of sp³-hybridized carbons (Fsp3) is 0.533. The minimum absolute atomic E-state index is 0.214. The lowest BCUT2D eigenvalue weighted by molar-refractivity contribution is -0.132. The highest BCUT2D eigenvalue weighted by Crippen LogP contribution is 2.24. The van der Waals surface area contributed by atoms with Crippen molar-refractivity contribution < 1.29 is 17.9 Å². The van der Waals surface area contributed by atoms with Gasteiger partial charge in [-0.15, -0.1) is 0 Å². The number of piperazine rings is 1. The minimum Gasteiger partial charge on any atom is -0.497 e. The molecular weight excluding hydrogens is 318 g/mol. The number of ether oxygens (including phenoxy) is 1. The van der Waals surface area contributed by atoms with E-state index in [1.165, 1.54) is 9.21 Å². The number of hydrogen-bond acceptors (Lipinski definition) is 5. The number of nitrogens with zero attached hydrogens (tertiary/aromatic N) is 3. The predicted molar refractivity (Wildman–Crippen MR) is 89.2 cm³/mol. The summed E-state index contributed by atoms with van der Waals surface area (Å²) in [5.41, 5.74) is 0.940. The van der Waals surface area contributed by atoms with Crippen molar-refractivity contribution in [3.05, 3.63) is 24.3 Å². The van der Waals surface area contributed by atoms with E-state index < -0.39 is 16.1 Å². The molecular formula is C15H23N3O4S. The van der Waals surface area contributed by atoms with Gasteiger partial charge in [-0.05, 0) is 24.3 Å². The highest BCUT2D eigenvalue weighted by atomic mass is 32.2. The Morgan fingerprint density at radius 3 is 2.30 bits per heavy atom. The van der Waals surface area contributed by atoms with Crippen molar-refractivity contribution >= 4 is 21.6 Å². The fourth-order valence-corrected chi connectivity index (χ4v) is 3.72. The Morgan fingerprint density at radius 1 is 1.22 bits per heavy atom. The van der Waals surface area contributed by atoms with Gasteiger partial charge < -0.3 is 14.5 Å². The summed E-state index contributed by atoms with van der Waals surface area (Å²) in [5, 5.41) is 0. The third kappa shape index (κ3) is 3.94. The molecule has 0 saturated carbocycles. The zero-order valence-corrected chi connectivity index (χ0v) is 14.7. The number of carbonyl (C=O) groups is 1. The van der Waals surface area contributed by atoms with Crippen LogP contribution in [0.1, 0.15) is 0 Å². The molecule has 1 heterocycles.